The van der Waals surface area contributed by atoms with Crippen molar-refractivity contribution in [2.45, 2.75) is 52.1 Å². The molecule has 0 bridgehead atoms. The zero-order valence-electron chi connectivity index (χ0n) is 16.1. The molecule has 0 radical (unpaired) electrons. The number of allylic oxidation sites excluding steroid dienone is 1. The first-order chi connectivity index (χ1) is 13.0. The predicted molar refractivity (Wildman–Crippen MR) is 101 cm³/mol. The van der Waals surface area contributed by atoms with Gasteiger partial charge in [-0.25, -0.2) is 9.97 Å². The van der Waals surface area contributed by atoms with Gasteiger partial charge in [0.15, 0.2) is 0 Å². The highest BCUT2D eigenvalue weighted by atomic mass is 16.2. The second-order valence-corrected chi connectivity index (χ2v) is 6.47. The SMILES string of the molecule is CC/C=C/CC(=O)N[C@H]1C[C@@H](C(=O)NCC)N(C(=O)c2cncnc2C)C1. The summed E-state index contributed by atoms with van der Waals surface area (Å²) in [5.74, 6) is -0.636. The van der Waals surface area contributed by atoms with E-state index >= 15 is 0 Å². The first-order valence-electron chi connectivity index (χ1n) is 9.27. The Morgan fingerprint density at radius 1 is 1.30 bits per heavy atom. The van der Waals surface area contributed by atoms with Crippen LogP contribution in [0.5, 0.6) is 0 Å². The van der Waals surface area contributed by atoms with Crippen LogP contribution in [0.25, 0.3) is 0 Å². The molecule has 0 unspecified atom stereocenters. The Kier molecular flexibility index (Phi) is 7.45. The van der Waals surface area contributed by atoms with Crippen molar-refractivity contribution in [3.05, 3.63) is 35.9 Å². The fourth-order valence-corrected chi connectivity index (χ4v) is 3.10. The highest BCUT2D eigenvalue weighted by Crippen LogP contribution is 2.22. The van der Waals surface area contributed by atoms with Gasteiger partial charge in [0.25, 0.3) is 5.91 Å². The zero-order valence-corrected chi connectivity index (χ0v) is 16.1. The van der Waals surface area contributed by atoms with Gasteiger partial charge in [-0.3, -0.25) is 14.4 Å². The number of hydrogen-bond donors (Lipinski definition) is 2. The fraction of sp³-hybridized carbons (Fsp3) is 0.526. The molecule has 2 atom stereocenters. The van der Waals surface area contributed by atoms with Crippen LogP contribution in [0.2, 0.25) is 0 Å². The van der Waals surface area contributed by atoms with Crippen molar-refractivity contribution in [3.8, 4) is 0 Å². The van der Waals surface area contributed by atoms with Gasteiger partial charge in [-0.2, -0.15) is 0 Å². The molecule has 3 amide bonds. The fourth-order valence-electron chi connectivity index (χ4n) is 3.10. The first-order valence-corrected chi connectivity index (χ1v) is 9.27. The summed E-state index contributed by atoms with van der Waals surface area (Å²) >= 11 is 0. The van der Waals surface area contributed by atoms with E-state index in [1.807, 2.05) is 26.0 Å². The third-order valence-corrected chi connectivity index (χ3v) is 4.43. The summed E-state index contributed by atoms with van der Waals surface area (Å²) < 4.78 is 0. The predicted octanol–water partition coefficient (Wildman–Crippen LogP) is 0.977. The number of aromatic nitrogens is 2. The van der Waals surface area contributed by atoms with E-state index in [0.29, 0.717) is 24.2 Å². The molecule has 0 spiro atoms. The lowest BCUT2D eigenvalue weighted by molar-refractivity contribution is -0.125. The molecule has 1 aliphatic heterocycles. The topological polar surface area (TPSA) is 104 Å². The Bertz CT molecular complexity index is 719. The normalized spacial score (nSPS) is 19.3. The van der Waals surface area contributed by atoms with Crippen LogP contribution in [-0.4, -0.2) is 57.8 Å². The number of nitrogens with zero attached hydrogens (tertiary/aromatic N) is 3. The number of aryl methyl sites for hydroxylation is 1. The highest BCUT2D eigenvalue weighted by Gasteiger charge is 2.40. The molecule has 1 aromatic heterocycles. The highest BCUT2D eigenvalue weighted by molar-refractivity contribution is 5.98. The van der Waals surface area contributed by atoms with E-state index in [1.54, 1.807) is 6.92 Å². The Hall–Kier alpha value is -2.77. The van der Waals surface area contributed by atoms with Crippen LogP contribution in [0.4, 0.5) is 0 Å². The molecule has 0 aliphatic carbocycles. The van der Waals surface area contributed by atoms with E-state index in [-0.39, 0.29) is 36.7 Å². The largest absolute Gasteiger partial charge is 0.355 e. The standard InChI is InChI=1S/C19H27N5O3/c1-4-6-7-8-17(25)23-14-9-16(18(26)21-5-2)24(11-14)19(27)15-10-20-12-22-13(15)3/h6-7,10,12,14,16H,4-5,8-9,11H2,1-3H3,(H,21,26)(H,23,25)/b7-6+/t14-,16-/m0/s1. The number of hydrogen-bond acceptors (Lipinski definition) is 5. The molecule has 2 heterocycles. The van der Waals surface area contributed by atoms with Crippen LogP contribution in [0.1, 0.15) is 49.2 Å². The van der Waals surface area contributed by atoms with Crippen molar-refractivity contribution in [2.24, 2.45) is 0 Å². The Labute approximate surface area is 159 Å². The first kappa shape index (κ1) is 20.5. The molecular formula is C19H27N5O3. The van der Waals surface area contributed by atoms with E-state index in [1.165, 1.54) is 17.4 Å². The number of carbonyl (C=O) groups excluding carboxylic acids is 3. The number of nitrogens with one attached hydrogen (secondary N) is 2. The van der Waals surface area contributed by atoms with Crippen LogP contribution >= 0.6 is 0 Å². The number of amides is 3. The monoisotopic (exact) mass is 373 g/mol. The van der Waals surface area contributed by atoms with E-state index in [4.69, 9.17) is 0 Å². The lowest BCUT2D eigenvalue weighted by Gasteiger charge is -2.24. The third kappa shape index (κ3) is 5.35. The summed E-state index contributed by atoms with van der Waals surface area (Å²) in [6, 6.07) is -0.900. The van der Waals surface area contributed by atoms with Crippen molar-refractivity contribution in [2.75, 3.05) is 13.1 Å². The molecule has 2 N–H and O–H groups in total. The van der Waals surface area contributed by atoms with Crippen molar-refractivity contribution < 1.29 is 14.4 Å². The van der Waals surface area contributed by atoms with Gasteiger partial charge in [0, 0.05) is 31.7 Å². The number of likely N-dealkylation sites (N-methyl/N-ethyl adjacent to an activating group) is 1. The van der Waals surface area contributed by atoms with Gasteiger partial charge >= 0.3 is 0 Å². The van der Waals surface area contributed by atoms with Crippen molar-refractivity contribution in [1.29, 1.82) is 0 Å². The molecule has 8 heteroatoms. The van der Waals surface area contributed by atoms with Gasteiger partial charge in [-0.1, -0.05) is 19.1 Å². The summed E-state index contributed by atoms with van der Waals surface area (Å²) in [5, 5.41) is 5.69. The molecule has 146 valence electrons. The maximum atomic E-state index is 13.0. The number of rotatable bonds is 7. The Balaban J connectivity index is 2.14. The lowest BCUT2D eigenvalue weighted by Crippen LogP contribution is -2.46. The number of likely N-dealkylation sites (tertiary alicyclic amines) is 1. The third-order valence-electron chi connectivity index (χ3n) is 4.43. The van der Waals surface area contributed by atoms with E-state index in [2.05, 4.69) is 20.6 Å². The van der Waals surface area contributed by atoms with Crippen molar-refractivity contribution in [3.63, 3.8) is 0 Å². The lowest BCUT2D eigenvalue weighted by atomic mass is 10.1. The summed E-state index contributed by atoms with van der Waals surface area (Å²) in [6.07, 6.45) is 8.13. The zero-order chi connectivity index (χ0) is 19.8. The molecule has 8 nitrogen and oxygen atoms in total. The van der Waals surface area contributed by atoms with Crippen LogP contribution in [0.15, 0.2) is 24.7 Å². The van der Waals surface area contributed by atoms with Crippen LogP contribution in [-0.2, 0) is 9.59 Å². The molecule has 1 saturated heterocycles. The van der Waals surface area contributed by atoms with E-state index in [9.17, 15) is 14.4 Å². The average Bonchev–Trinajstić information content (AvgIpc) is 3.06. The van der Waals surface area contributed by atoms with Gasteiger partial charge in [0.1, 0.15) is 12.4 Å². The smallest absolute Gasteiger partial charge is 0.258 e. The van der Waals surface area contributed by atoms with Gasteiger partial charge < -0.3 is 15.5 Å². The van der Waals surface area contributed by atoms with Gasteiger partial charge in [0.2, 0.25) is 11.8 Å². The van der Waals surface area contributed by atoms with Gasteiger partial charge in [0.05, 0.1) is 11.3 Å². The maximum Gasteiger partial charge on any atom is 0.258 e. The van der Waals surface area contributed by atoms with Crippen LogP contribution in [0, 0.1) is 6.92 Å². The van der Waals surface area contributed by atoms with Crippen LogP contribution < -0.4 is 10.6 Å². The van der Waals surface area contributed by atoms with Crippen molar-refractivity contribution >= 4 is 17.7 Å². The summed E-state index contributed by atoms with van der Waals surface area (Å²) in [7, 11) is 0. The molecule has 1 aliphatic rings. The summed E-state index contributed by atoms with van der Waals surface area (Å²) in [4.78, 5) is 47.0. The average molecular weight is 373 g/mol. The Morgan fingerprint density at radius 2 is 2.07 bits per heavy atom. The van der Waals surface area contributed by atoms with Crippen molar-refractivity contribution in [1.82, 2.24) is 25.5 Å². The second kappa shape index (κ2) is 9.80. The Morgan fingerprint density at radius 3 is 2.74 bits per heavy atom. The van der Waals surface area contributed by atoms with E-state index < -0.39 is 6.04 Å². The molecule has 0 saturated carbocycles. The molecule has 0 aromatic carbocycles. The quantitative estimate of drug-likeness (QED) is 0.693. The minimum atomic E-state index is -0.631. The minimum Gasteiger partial charge on any atom is -0.355 e. The second-order valence-electron chi connectivity index (χ2n) is 6.47. The van der Waals surface area contributed by atoms with Gasteiger partial charge in [-0.05, 0) is 26.7 Å². The minimum absolute atomic E-state index is 0.118. The number of carbonyl (C=O) groups is 3. The van der Waals surface area contributed by atoms with Gasteiger partial charge in [-0.15, -0.1) is 0 Å². The molecule has 27 heavy (non-hydrogen) atoms. The molecular weight excluding hydrogens is 346 g/mol. The molecule has 1 aromatic rings. The maximum absolute atomic E-state index is 13.0. The summed E-state index contributed by atoms with van der Waals surface area (Å²) in [5.41, 5.74) is 0.923. The molecule has 2 rings (SSSR count). The summed E-state index contributed by atoms with van der Waals surface area (Å²) in [6.45, 7) is 6.31. The van der Waals surface area contributed by atoms with E-state index in [0.717, 1.165) is 6.42 Å². The van der Waals surface area contributed by atoms with Crippen LogP contribution in [0.3, 0.4) is 0 Å². The molecule has 1 fully saturated rings.